The van der Waals surface area contributed by atoms with Crippen LogP contribution < -0.4 is 4.74 Å². The van der Waals surface area contributed by atoms with E-state index in [9.17, 15) is 9.59 Å². The topological polar surface area (TPSA) is 57.6 Å². The first-order valence-electron chi connectivity index (χ1n) is 5.52. The summed E-state index contributed by atoms with van der Waals surface area (Å²) in [7, 11) is 1.60. The summed E-state index contributed by atoms with van der Waals surface area (Å²) >= 11 is 0.941. The molecule has 2 aromatic rings. The van der Waals surface area contributed by atoms with Crippen molar-refractivity contribution >= 4 is 28.0 Å². The monoisotopic (exact) mass is 263 g/mol. The van der Waals surface area contributed by atoms with E-state index >= 15 is 0 Å². The molecule has 18 heavy (non-hydrogen) atoms. The summed E-state index contributed by atoms with van der Waals surface area (Å²) in [5, 5.41) is 10.2. The Morgan fingerprint density at radius 1 is 1.39 bits per heavy atom. The fourth-order valence-corrected chi connectivity index (χ4v) is 2.60. The summed E-state index contributed by atoms with van der Waals surface area (Å²) in [5.74, 6) is -0.239. The average Bonchev–Trinajstić information content (AvgIpc) is 2.38. The van der Waals surface area contributed by atoms with E-state index in [4.69, 9.17) is 5.11 Å². The van der Waals surface area contributed by atoms with E-state index in [1.807, 2.05) is 12.1 Å². The molecule has 0 saturated carbocycles. The van der Waals surface area contributed by atoms with Crippen molar-refractivity contribution < 1.29 is 9.90 Å². The standard InChI is InChI=1S/C13H13NO3S/c1-14(6-7-15)12(16)11-8-9-4-2-3-5-10(9)13(17)18-11/h2-5,8,15H,6-7H2,1H3. The third-order valence-corrected chi connectivity index (χ3v) is 3.58. The molecule has 0 aliphatic heterocycles. The van der Waals surface area contributed by atoms with Gasteiger partial charge in [-0.2, -0.15) is 0 Å². The van der Waals surface area contributed by atoms with Gasteiger partial charge in [0.1, 0.15) is 0 Å². The second kappa shape index (κ2) is 5.29. The first kappa shape index (κ1) is 12.7. The fraction of sp³-hybridized carbons (Fsp3) is 0.231. The molecule has 0 unspecified atom stereocenters. The molecule has 1 aromatic carbocycles. The van der Waals surface area contributed by atoms with E-state index in [1.54, 1.807) is 25.2 Å². The van der Waals surface area contributed by atoms with E-state index < -0.39 is 0 Å². The molecule has 0 atom stereocenters. The Kier molecular flexibility index (Phi) is 3.74. The Morgan fingerprint density at radius 2 is 2.11 bits per heavy atom. The summed E-state index contributed by atoms with van der Waals surface area (Å²) in [4.78, 5) is 25.7. The van der Waals surface area contributed by atoms with Crippen LogP contribution in [0.3, 0.4) is 0 Å². The lowest BCUT2D eigenvalue weighted by Gasteiger charge is -2.15. The first-order chi connectivity index (χ1) is 8.63. The van der Waals surface area contributed by atoms with Crippen LogP contribution >= 0.6 is 11.3 Å². The van der Waals surface area contributed by atoms with E-state index in [2.05, 4.69) is 0 Å². The lowest BCUT2D eigenvalue weighted by molar-refractivity contribution is 0.0771. The van der Waals surface area contributed by atoms with Crippen molar-refractivity contribution in [1.82, 2.24) is 4.90 Å². The maximum Gasteiger partial charge on any atom is 0.263 e. The number of likely N-dealkylation sites (N-methyl/N-ethyl adjacent to an activating group) is 1. The van der Waals surface area contributed by atoms with Gasteiger partial charge in [-0.15, -0.1) is 0 Å². The summed E-state index contributed by atoms with van der Waals surface area (Å²) < 4.78 is -0.117. The Morgan fingerprint density at radius 3 is 2.83 bits per heavy atom. The van der Waals surface area contributed by atoms with Gasteiger partial charge in [0.15, 0.2) is 0 Å². The molecular formula is C13H13NO3S. The highest BCUT2D eigenvalue weighted by molar-refractivity contribution is 7.12. The van der Waals surface area contributed by atoms with E-state index in [-0.39, 0.29) is 23.8 Å². The molecule has 94 valence electrons. The van der Waals surface area contributed by atoms with Crippen LogP contribution in [0, 0.1) is 0 Å². The van der Waals surface area contributed by atoms with Crippen LogP contribution in [0.1, 0.15) is 9.67 Å². The minimum Gasteiger partial charge on any atom is -0.395 e. The average molecular weight is 263 g/mol. The highest BCUT2D eigenvalue weighted by Crippen LogP contribution is 2.16. The lowest BCUT2D eigenvalue weighted by Crippen LogP contribution is -2.29. The number of fused-ring (bicyclic) bond motifs is 1. The highest BCUT2D eigenvalue weighted by Gasteiger charge is 2.14. The van der Waals surface area contributed by atoms with Gasteiger partial charge in [-0.1, -0.05) is 29.5 Å². The van der Waals surface area contributed by atoms with Crippen LogP contribution in [0.2, 0.25) is 0 Å². The van der Waals surface area contributed by atoms with Gasteiger partial charge >= 0.3 is 0 Å². The van der Waals surface area contributed by atoms with Gasteiger partial charge < -0.3 is 10.0 Å². The van der Waals surface area contributed by atoms with Crippen molar-refractivity contribution in [2.75, 3.05) is 20.2 Å². The molecule has 4 nitrogen and oxygen atoms in total. The SMILES string of the molecule is CN(CCO)C(=O)c1cc2ccccc2c(=O)s1. The van der Waals surface area contributed by atoms with Crippen LogP contribution in [0.4, 0.5) is 0 Å². The number of benzene rings is 1. The van der Waals surface area contributed by atoms with E-state index in [1.165, 1.54) is 4.90 Å². The fourth-order valence-electron chi connectivity index (χ4n) is 1.68. The zero-order valence-corrected chi connectivity index (χ0v) is 10.7. The lowest BCUT2D eigenvalue weighted by atomic mass is 10.2. The number of hydrogen-bond donors (Lipinski definition) is 1. The smallest absolute Gasteiger partial charge is 0.263 e. The van der Waals surface area contributed by atoms with Crippen molar-refractivity contribution in [2.45, 2.75) is 0 Å². The van der Waals surface area contributed by atoms with Crippen molar-refractivity contribution in [3.63, 3.8) is 0 Å². The van der Waals surface area contributed by atoms with E-state index in [0.29, 0.717) is 10.3 Å². The molecule has 1 amide bonds. The third-order valence-electron chi connectivity index (χ3n) is 2.66. The van der Waals surface area contributed by atoms with Gasteiger partial charge in [-0.25, -0.2) is 0 Å². The number of hydrogen-bond acceptors (Lipinski definition) is 4. The molecule has 0 radical (unpaired) electrons. The van der Waals surface area contributed by atoms with E-state index in [0.717, 1.165) is 16.7 Å². The maximum atomic E-state index is 12.0. The second-order valence-corrected chi connectivity index (χ2v) is 4.95. The molecule has 1 N–H and O–H groups in total. The number of carbonyl (C=O) groups is 1. The minimum absolute atomic E-state index is 0.0925. The zero-order valence-electron chi connectivity index (χ0n) is 9.92. The van der Waals surface area contributed by atoms with Gasteiger partial charge in [0.05, 0.1) is 11.5 Å². The van der Waals surface area contributed by atoms with Gasteiger partial charge in [0, 0.05) is 19.0 Å². The summed E-state index contributed by atoms with van der Waals surface area (Å²) in [6.07, 6.45) is 0. The Hall–Kier alpha value is -1.72. The molecule has 0 bridgehead atoms. The van der Waals surface area contributed by atoms with Crippen LogP contribution in [0.15, 0.2) is 35.1 Å². The summed E-state index contributed by atoms with van der Waals surface area (Å²) in [5.41, 5.74) is 0. The largest absolute Gasteiger partial charge is 0.395 e. The molecule has 1 heterocycles. The molecule has 2 rings (SSSR count). The van der Waals surface area contributed by atoms with Crippen molar-refractivity contribution in [3.8, 4) is 0 Å². The van der Waals surface area contributed by atoms with Crippen molar-refractivity contribution in [1.29, 1.82) is 0 Å². The summed E-state index contributed by atoms with van der Waals surface area (Å²) in [6, 6.07) is 8.91. The third kappa shape index (κ3) is 2.42. The number of aliphatic hydroxyl groups is 1. The van der Waals surface area contributed by atoms with Gasteiger partial charge in [-0.3, -0.25) is 9.59 Å². The minimum atomic E-state index is -0.239. The molecule has 0 aliphatic carbocycles. The quantitative estimate of drug-likeness (QED) is 0.908. The number of rotatable bonds is 3. The van der Waals surface area contributed by atoms with Crippen molar-refractivity contribution in [3.05, 3.63) is 44.7 Å². The second-order valence-electron chi connectivity index (χ2n) is 3.94. The van der Waals surface area contributed by atoms with Crippen LogP contribution in [-0.2, 0) is 0 Å². The molecule has 0 aliphatic rings. The number of aliphatic hydroxyl groups excluding tert-OH is 1. The normalized spacial score (nSPS) is 10.6. The molecule has 0 saturated heterocycles. The molecule has 5 heteroatoms. The summed E-state index contributed by atoms with van der Waals surface area (Å²) in [6.45, 7) is 0.164. The molecular weight excluding hydrogens is 250 g/mol. The number of carbonyl (C=O) groups excluding carboxylic acids is 1. The van der Waals surface area contributed by atoms with Crippen LogP contribution in [-0.4, -0.2) is 36.1 Å². The first-order valence-corrected chi connectivity index (χ1v) is 6.34. The Labute approximate surface area is 108 Å². The number of amides is 1. The molecule has 1 aromatic heterocycles. The van der Waals surface area contributed by atoms with Gasteiger partial charge in [-0.05, 0) is 17.5 Å². The zero-order chi connectivity index (χ0) is 13.1. The molecule has 0 spiro atoms. The molecule has 0 fully saturated rings. The van der Waals surface area contributed by atoms with Crippen LogP contribution in [0.25, 0.3) is 10.8 Å². The maximum absolute atomic E-state index is 12.0. The van der Waals surface area contributed by atoms with Crippen molar-refractivity contribution in [2.24, 2.45) is 0 Å². The van der Waals surface area contributed by atoms with Gasteiger partial charge in [0.25, 0.3) is 5.91 Å². The Bertz CT molecular complexity index is 635. The van der Waals surface area contributed by atoms with Gasteiger partial charge in [0.2, 0.25) is 4.74 Å². The predicted molar refractivity (Wildman–Crippen MR) is 72.1 cm³/mol. The highest BCUT2D eigenvalue weighted by atomic mass is 32.1. The van der Waals surface area contributed by atoms with Crippen LogP contribution in [0.5, 0.6) is 0 Å². The predicted octanol–water partition coefficient (Wildman–Crippen LogP) is 1.33. The number of nitrogens with zero attached hydrogens (tertiary/aromatic N) is 1. The Balaban J connectivity index is 2.47.